The van der Waals surface area contributed by atoms with Gasteiger partial charge in [-0.05, 0) is 178 Å². The molecule has 4 aromatic rings. The number of aliphatic hydroxyl groups is 1. The second kappa shape index (κ2) is 45.7. The molecule has 0 aliphatic carbocycles. The predicted octanol–water partition coefficient (Wildman–Crippen LogP) is 10.2. The molecular formula is C82H162N22O6S2. The van der Waals surface area contributed by atoms with E-state index in [1.165, 1.54) is 60.6 Å². The third kappa shape index (κ3) is 36.6. The Bertz CT molecular complexity index is 3270. The molecule has 0 unspecified atom stereocenters. The van der Waals surface area contributed by atoms with Crippen molar-refractivity contribution in [3.8, 4) is 0 Å². The van der Waals surface area contributed by atoms with E-state index in [2.05, 4.69) is 236 Å². The summed E-state index contributed by atoms with van der Waals surface area (Å²) in [5, 5.41) is 23.4. The van der Waals surface area contributed by atoms with Crippen LogP contribution in [-0.2, 0) is 17.7 Å². The van der Waals surface area contributed by atoms with Crippen LogP contribution in [0.5, 0.6) is 0 Å². The maximum absolute atomic E-state index is 11.9. The third-order valence-corrected chi connectivity index (χ3v) is 21.3. The number of alkyl carbamates (subject to hydrolysis) is 1. The Labute approximate surface area is 687 Å². The molecule has 11 heterocycles. The largest absolute Gasteiger partial charge is 0.444 e. The Balaban J connectivity index is 0.00000128. The van der Waals surface area contributed by atoms with E-state index in [9.17, 15) is 19.2 Å². The van der Waals surface area contributed by atoms with Crippen LogP contribution in [0.4, 0.5) is 20.7 Å². The summed E-state index contributed by atoms with van der Waals surface area (Å²) < 4.78 is 5.20. The standard InChI is InChI=1S/C13H20N4O.C12H24N2O2.C11H18N4OS.C11H18N4O.C10H17N3S.C10H23N3.C10H22N2O.5CH4/c1-13(2,3)17-7-10(8-17)16-12(18)11-6-9(14)4-5-15-11;1-11(2,3)14-7-9(8-14)13-10(15)16-12(4,5)6;1-11(2,3)15-4-7(5-15)13-9(16)8-6-17-10(12)14-8;1-11(2,3)15-5-8(6-15)14-10(16)9-4-12-7-13-9;1-10(2,3)13-5-4-7-8(6-13)14-9(11)12-7;1-10(2,3)13-8-6-12(5-4-11)7-9-13;1-10(2,3)12-6-4-11(5-7-12)8-9-13;;;;;/h4-6,10H,7-8H2,1-3H3,(H2,14,15)(H,16,18);9H,7-8H2,1-6H3,(H,13,15);6-7H,4-5H2,1-3H3,(H2,12,14)(H,13,16);4,7-8H,5-6H2,1-3H3,(H,12,13)(H,14,16);4-6H2,1-3H3,(H2,11,12);4-9,11H2,1-3H3;13H,4-9H2,1-3H3;5*1H4. The van der Waals surface area contributed by atoms with E-state index in [-0.39, 0.29) is 119 Å². The van der Waals surface area contributed by atoms with Crippen molar-refractivity contribution in [2.24, 2.45) is 5.73 Å². The summed E-state index contributed by atoms with van der Waals surface area (Å²) in [6.07, 6.45) is 5.32. The topological polar surface area (TPSA) is 346 Å². The zero-order valence-electron chi connectivity index (χ0n) is 70.0. The van der Waals surface area contributed by atoms with E-state index < -0.39 is 5.60 Å². The minimum absolute atomic E-state index is 0. The number of aromatic nitrogens is 5. The number of β-amino-alcohol motifs (C(OH)–C–C–N with tert-alkyl or cyclic N) is 1. The van der Waals surface area contributed by atoms with Gasteiger partial charge >= 0.3 is 6.09 Å². The van der Waals surface area contributed by atoms with Gasteiger partial charge in [-0.25, -0.2) is 19.7 Å². The Morgan fingerprint density at radius 1 is 0.509 bits per heavy atom. The van der Waals surface area contributed by atoms with Crippen molar-refractivity contribution < 1.29 is 29.0 Å². The van der Waals surface area contributed by atoms with Crippen molar-refractivity contribution in [2.45, 2.75) is 285 Å². The lowest BCUT2D eigenvalue weighted by atomic mass is 9.97. The fraction of sp³-hybridized carbons (Fsp3) is 0.780. The second-order valence-electron chi connectivity index (χ2n) is 36.9. The number of anilines is 3. The van der Waals surface area contributed by atoms with E-state index in [1.807, 2.05) is 20.8 Å². The first-order chi connectivity index (χ1) is 49.3. The van der Waals surface area contributed by atoms with Crippen LogP contribution in [0.15, 0.2) is 36.2 Å². The van der Waals surface area contributed by atoms with Crippen molar-refractivity contribution in [3.63, 3.8) is 0 Å². The summed E-state index contributed by atoms with van der Waals surface area (Å²) >= 11 is 2.92. The Morgan fingerprint density at radius 2 is 0.902 bits per heavy atom. The lowest BCUT2D eigenvalue weighted by molar-refractivity contribution is 0.0160. The van der Waals surface area contributed by atoms with Crippen LogP contribution in [0.1, 0.15) is 245 Å². The number of pyridine rings is 1. The number of aliphatic hydroxyl groups excluding tert-OH is 1. The molecule has 0 atom stereocenters. The SMILES string of the molecule is C.C.C.C.C.CC(C)(C)N1CC(NC(=O)c2cc(N)ccn2)C1.CC(C)(C)N1CC(NC(=O)c2cnc[nH]2)C1.CC(C)(C)N1CC(NC(=O)c2csc(N)n2)C1.CC(C)(C)N1CCN(CCN)CC1.CC(C)(C)N1CCN(CCO)CC1.CC(C)(C)N1CCc2nc(N)sc2C1.CC(C)(C)OC(=O)NC1CN(C(C)(C)C)C1. The number of amides is 4. The summed E-state index contributed by atoms with van der Waals surface area (Å²) in [6.45, 7) is 73.5. The maximum Gasteiger partial charge on any atom is 0.407 e. The quantitative estimate of drug-likeness (QED) is 0.0667. The molecule has 4 amide bonds. The van der Waals surface area contributed by atoms with Crippen LogP contribution in [0.2, 0.25) is 0 Å². The molecule has 0 aromatic carbocycles. The lowest BCUT2D eigenvalue weighted by Gasteiger charge is -2.47. The number of piperazine rings is 2. The number of hydrogen-bond donors (Lipinski definition) is 10. The number of imidazole rings is 1. The molecule has 4 aromatic heterocycles. The second-order valence-corrected chi connectivity index (χ2v) is 38.9. The van der Waals surface area contributed by atoms with Gasteiger partial charge in [-0.1, -0.05) is 37.1 Å². The molecule has 7 aliphatic rings. The number of carbonyl (C=O) groups excluding carboxylic acids is 4. The number of carbonyl (C=O) groups is 4. The van der Waals surface area contributed by atoms with Crippen LogP contribution in [-0.4, -0.2) is 304 Å². The van der Waals surface area contributed by atoms with E-state index in [0.29, 0.717) is 44.1 Å². The number of thiazole rings is 2. The van der Waals surface area contributed by atoms with E-state index >= 15 is 0 Å². The van der Waals surface area contributed by atoms with Crippen LogP contribution < -0.4 is 44.2 Å². The zero-order valence-corrected chi connectivity index (χ0v) is 71.6. The zero-order chi connectivity index (χ0) is 80.4. The summed E-state index contributed by atoms with van der Waals surface area (Å²) in [5.74, 6) is -0.353. The van der Waals surface area contributed by atoms with Gasteiger partial charge in [0, 0.05) is 205 Å². The average molecular weight is 1620 g/mol. The molecule has 11 rings (SSSR count). The molecule has 0 spiro atoms. The predicted molar refractivity (Wildman–Crippen MR) is 472 cm³/mol. The van der Waals surface area contributed by atoms with Crippen molar-refractivity contribution in [1.82, 2.24) is 90.3 Å². The number of nitrogens with zero attached hydrogens (tertiary/aromatic N) is 13. The van der Waals surface area contributed by atoms with Gasteiger partial charge in [-0.2, -0.15) is 0 Å². The van der Waals surface area contributed by atoms with Gasteiger partial charge in [0.15, 0.2) is 10.3 Å². The van der Waals surface area contributed by atoms with Crippen molar-refractivity contribution in [1.29, 1.82) is 0 Å². The number of hydrogen-bond acceptors (Lipinski definition) is 25. The number of nitrogen functional groups attached to an aromatic ring is 3. The lowest BCUT2D eigenvalue weighted by Crippen LogP contribution is -2.64. The first-order valence-corrected chi connectivity index (χ1v) is 40.1. The number of rotatable bonds is 11. The summed E-state index contributed by atoms with van der Waals surface area (Å²) in [4.78, 5) is 88.7. The normalized spacial score (nSPS) is 18.2. The van der Waals surface area contributed by atoms with Crippen LogP contribution in [0, 0.1) is 0 Å². The van der Waals surface area contributed by atoms with Crippen molar-refractivity contribution in [3.05, 3.63) is 63.9 Å². The number of nitrogens with two attached hydrogens (primary N) is 4. The van der Waals surface area contributed by atoms with Gasteiger partial charge in [-0.3, -0.25) is 63.5 Å². The van der Waals surface area contributed by atoms with Gasteiger partial charge in [0.05, 0.1) is 49.0 Å². The van der Waals surface area contributed by atoms with Gasteiger partial charge in [-0.15, -0.1) is 22.7 Å². The summed E-state index contributed by atoms with van der Waals surface area (Å²) in [7, 11) is 0. The highest BCUT2D eigenvalue weighted by molar-refractivity contribution is 7.15. The highest BCUT2D eigenvalue weighted by Crippen LogP contribution is 2.31. The molecule has 648 valence electrons. The molecule has 112 heavy (non-hydrogen) atoms. The van der Waals surface area contributed by atoms with Gasteiger partial charge in [0.2, 0.25) is 0 Å². The third-order valence-electron chi connectivity index (χ3n) is 19.8. The van der Waals surface area contributed by atoms with E-state index in [1.54, 1.807) is 35.0 Å². The highest BCUT2D eigenvalue weighted by Gasteiger charge is 2.40. The van der Waals surface area contributed by atoms with Gasteiger partial charge < -0.3 is 59.0 Å². The number of H-pyrrole nitrogens is 1. The molecule has 0 saturated carbocycles. The Kier molecular flexibility index (Phi) is 43.3. The minimum atomic E-state index is -0.419. The molecule has 0 radical (unpaired) electrons. The molecule has 6 saturated heterocycles. The fourth-order valence-corrected chi connectivity index (χ4v) is 13.9. The first kappa shape index (κ1) is 106. The van der Waals surface area contributed by atoms with Crippen LogP contribution in [0.3, 0.4) is 0 Å². The molecule has 30 heteroatoms. The average Bonchev–Trinajstić information content (AvgIpc) is 1.28. The number of aromatic amines is 1. The smallest absolute Gasteiger partial charge is 0.407 e. The molecule has 28 nitrogen and oxygen atoms in total. The number of ether oxygens (including phenoxy) is 1. The van der Waals surface area contributed by atoms with E-state index in [4.69, 9.17) is 32.8 Å². The fourth-order valence-electron chi connectivity index (χ4n) is 12.5. The van der Waals surface area contributed by atoms with Gasteiger partial charge in [0.25, 0.3) is 17.7 Å². The number of fused-ring (bicyclic) bond motifs is 1. The highest BCUT2D eigenvalue weighted by atomic mass is 32.1. The molecule has 0 bridgehead atoms. The molecule has 7 aliphatic heterocycles. The molecular weight excluding hydrogens is 1450 g/mol. The minimum Gasteiger partial charge on any atom is -0.444 e. The monoisotopic (exact) mass is 1620 g/mol. The van der Waals surface area contributed by atoms with Crippen molar-refractivity contribution in [2.75, 3.05) is 155 Å². The van der Waals surface area contributed by atoms with Crippen LogP contribution >= 0.6 is 22.7 Å². The first-order valence-electron chi connectivity index (χ1n) is 38.4. The molecule has 6 fully saturated rings. The Hall–Kier alpha value is -5.74. The maximum atomic E-state index is 11.9. The Morgan fingerprint density at radius 3 is 1.25 bits per heavy atom. The van der Waals surface area contributed by atoms with E-state index in [0.717, 1.165) is 118 Å². The molecule has 14 N–H and O–H groups in total. The number of likely N-dealkylation sites (tertiary alicyclic amines) is 4. The number of nitrogens with one attached hydrogen (secondary N) is 5. The summed E-state index contributed by atoms with van der Waals surface area (Å²) in [6, 6.07) is 4.19. The summed E-state index contributed by atoms with van der Waals surface area (Å²) in [5.41, 5.74) is 26.6. The van der Waals surface area contributed by atoms with Gasteiger partial charge in [0.1, 0.15) is 22.7 Å². The van der Waals surface area contributed by atoms with Crippen molar-refractivity contribution >= 4 is 62.4 Å². The van der Waals surface area contributed by atoms with Crippen LogP contribution in [0.25, 0.3) is 0 Å².